The highest BCUT2D eigenvalue weighted by Crippen LogP contribution is 2.28. The molecule has 0 saturated heterocycles. The lowest BCUT2D eigenvalue weighted by Gasteiger charge is -2.25. The molecular formula is C21H28N2O3. The first-order valence-electron chi connectivity index (χ1n) is 8.84. The third-order valence-electron chi connectivity index (χ3n) is 4.27. The molecule has 0 spiro atoms. The molecule has 1 amide bonds. The summed E-state index contributed by atoms with van der Waals surface area (Å²) >= 11 is 0. The molecule has 0 heterocycles. The average Bonchev–Trinajstić information content (AvgIpc) is 2.65. The highest BCUT2D eigenvalue weighted by molar-refractivity contribution is 5.94. The van der Waals surface area contributed by atoms with Crippen molar-refractivity contribution < 1.29 is 14.3 Å². The van der Waals surface area contributed by atoms with Gasteiger partial charge in [0, 0.05) is 18.2 Å². The second kappa shape index (κ2) is 9.82. The highest BCUT2D eigenvalue weighted by Gasteiger charge is 2.16. The second-order valence-electron chi connectivity index (χ2n) is 6.32. The molecule has 2 rings (SSSR count). The van der Waals surface area contributed by atoms with Crippen molar-refractivity contribution in [3.05, 3.63) is 59.7 Å². The molecule has 0 fully saturated rings. The maximum Gasteiger partial charge on any atom is 0.251 e. The topological polar surface area (TPSA) is 50.8 Å². The van der Waals surface area contributed by atoms with Crippen molar-refractivity contribution in [3.63, 3.8) is 0 Å². The van der Waals surface area contributed by atoms with Gasteiger partial charge in [-0.15, -0.1) is 0 Å². The smallest absolute Gasteiger partial charge is 0.251 e. The number of hydrogen-bond donors (Lipinski definition) is 1. The van der Waals surface area contributed by atoms with Gasteiger partial charge in [-0.2, -0.15) is 0 Å². The molecule has 0 aliphatic carbocycles. The molecule has 26 heavy (non-hydrogen) atoms. The van der Waals surface area contributed by atoms with Gasteiger partial charge in [-0.05, 0) is 51.2 Å². The summed E-state index contributed by atoms with van der Waals surface area (Å²) < 4.78 is 10.8. The fourth-order valence-electron chi connectivity index (χ4n) is 2.72. The van der Waals surface area contributed by atoms with Crippen molar-refractivity contribution in [1.29, 1.82) is 0 Å². The normalized spacial score (nSPS) is 11.9. The molecule has 140 valence electrons. The van der Waals surface area contributed by atoms with Gasteiger partial charge in [0.2, 0.25) is 0 Å². The Bertz CT molecular complexity index is 702. The molecule has 0 aliphatic heterocycles. The van der Waals surface area contributed by atoms with Crippen LogP contribution in [0.15, 0.2) is 48.5 Å². The zero-order valence-electron chi connectivity index (χ0n) is 16.0. The zero-order valence-corrected chi connectivity index (χ0v) is 16.0. The van der Waals surface area contributed by atoms with Gasteiger partial charge in [0.05, 0.1) is 13.7 Å². The molecule has 0 bridgehead atoms. The standard InChI is InChI=1S/C21H28N2O3/c1-5-26-20-14-17(11-12-19(20)25-4)21(24)22-15-18(23(2)3)13-16-9-7-6-8-10-16/h6-12,14,18H,5,13,15H2,1-4H3,(H,22,24). The number of carbonyl (C=O) groups is 1. The summed E-state index contributed by atoms with van der Waals surface area (Å²) in [4.78, 5) is 14.7. The Morgan fingerprint density at radius 3 is 2.46 bits per heavy atom. The number of methoxy groups -OCH3 is 1. The molecule has 1 unspecified atom stereocenters. The monoisotopic (exact) mass is 356 g/mol. The van der Waals surface area contributed by atoms with E-state index >= 15 is 0 Å². The van der Waals surface area contributed by atoms with Gasteiger partial charge < -0.3 is 19.7 Å². The lowest BCUT2D eigenvalue weighted by Crippen LogP contribution is -2.41. The SMILES string of the molecule is CCOc1cc(C(=O)NCC(Cc2ccccc2)N(C)C)ccc1OC. The van der Waals surface area contributed by atoms with E-state index in [9.17, 15) is 4.79 Å². The number of nitrogens with one attached hydrogen (secondary N) is 1. The highest BCUT2D eigenvalue weighted by atomic mass is 16.5. The van der Waals surface area contributed by atoms with Crippen LogP contribution in [0.1, 0.15) is 22.8 Å². The molecule has 2 aromatic rings. The second-order valence-corrected chi connectivity index (χ2v) is 6.32. The van der Waals surface area contributed by atoms with E-state index in [2.05, 4.69) is 22.3 Å². The number of benzene rings is 2. The Hall–Kier alpha value is -2.53. The largest absolute Gasteiger partial charge is 0.493 e. The quantitative estimate of drug-likeness (QED) is 0.750. The fourth-order valence-corrected chi connectivity index (χ4v) is 2.72. The van der Waals surface area contributed by atoms with E-state index in [1.54, 1.807) is 25.3 Å². The van der Waals surface area contributed by atoms with Crippen LogP contribution in [-0.4, -0.2) is 51.2 Å². The lowest BCUT2D eigenvalue weighted by atomic mass is 10.0. The van der Waals surface area contributed by atoms with Crippen LogP contribution < -0.4 is 14.8 Å². The minimum atomic E-state index is -0.117. The van der Waals surface area contributed by atoms with Crippen molar-refractivity contribution in [1.82, 2.24) is 10.2 Å². The van der Waals surface area contributed by atoms with Crippen molar-refractivity contribution in [3.8, 4) is 11.5 Å². The first kappa shape index (κ1) is 19.8. The summed E-state index contributed by atoms with van der Waals surface area (Å²) in [6.45, 7) is 2.98. The van der Waals surface area contributed by atoms with Crippen molar-refractivity contribution in [2.24, 2.45) is 0 Å². The lowest BCUT2D eigenvalue weighted by molar-refractivity contribution is 0.0941. The third-order valence-corrected chi connectivity index (χ3v) is 4.27. The van der Waals surface area contributed by atoms with E-state index in [-0.39, 0.29) is 11.9 Å². The van der Waals surface area contributed by atoms with E-state index in [0.29, 0.717) is 30.2 Å². The summed E-state index contributed by atoms with van der Waals surface area (Å²) in [5.74, 6) is 1.09. The fraction of sp³-hybridized carbons (Fsp3) is 0.381. The molecule has 0 aliphatic rings. The maximum absolute atomic E-state index is 12.6. The van der Waals surface area contributed by atoms with Crippen LogP contribution in [0.25, 0.3) is 0 Å². The van der Waals surface area contributed by atoms with Crippen LogP contribution in [0.4, 0.5) is 0 Å². The predicted molar refractivity (Wildman–Crippen MR) is 104 cm³/mol. The zero-order chi connectivity index (χ0) is 18.9. The summed E-state index contributed by atoms with van der Waals surface area (Å²) in [7, 11) is 5.64. The Balaban J connectivity index is 2.02. The van der Waals surface area contributed by atoms with Gasteiger partial charge in [-0.25, -0.2) is 0 Å². The summed E-state index contributed by atoms with van der Waals surface area (Å²) in [6.07, 6.45) is 0.876. The number of carbonyl (C=O) groups excluding carboxylic acids is 1. The molecule has 2 aromatic carbocycles. The Morgan fingerprint density at radius 1 is 1.12 bits per heavy atom. The number of nitrogens with zero attached hydrogens (tertiary/aromatic N) is 1. The van der Waals surface area contributed by atoms with Crippen molar-refractivity contribution >= 4 is 5.91 Å². The Morgan fingerprint density at radius 2 is 1.85 bits per heavy atom. The van der Waals surface area contributed by atoms with Crippen LogP contribution >= 0.6 is 0 Å². The van der Waals surface area contributed by atoms with E-state index in [1.165, 1.54) is 5.56 Å². The van der Waals surface area contributed by atoms with Crippen LogP contribution in [0.2, 0.25) is 0 Å². The van der Waals surface area contributed by atoms with E-state index in [4.69, 9.17) is 9.47 Å². The van der Waals surface area contributed by atoms with Crippen LogP contribution in [0.5, 0.6) is 11.5 Å². The predicted octanol–water partition coefficient (Wildman–Crippen LogP) is 3.00. The molecular weight excluding hydrogens is 328 g/mol. The number of ether oxygens (including phenoxy) is 2. The van der Waals surface area contributed by atoms with Crippen molar-refractivity contribution in [2.75, 3.05) is 34.4 Å². The molecule has 5 heteroatoms. The van der Waals surface area contributed by atoms with Crippen LogP contribution in [-0.2, 0) is 6.42 Å². The van der Waals surface area contributed by atoms with E-state index < -0.39 is 0 Å². The molecule has 5 nitrogen and oxygen atoms in total. The van der Waals surface area contributed by atoms with Crippen LogP contribution in [0, 0.1) is 0 Å². The molecule has 0 radical (unpaired) electrons. The number of hydrogen-bond acceptors (Lipinski definition) is 4. The number of amides is 1. The Labute approximate surface area is 155 Å². The molecule has 1 N–H and O–H groups in total. The summed E-state index contributed by atoms with van der Waals surface area (Å²) in [5.41, 5.74) is 1.81. The average molecular weight is 356 g/mol. The van der Waals surface area contributed by atoms with Gasteiger partial charge in [0.25, 0.3) is 5.91 Å². The van der Waals surface area contributed by atoms with Gasteiger partial charge in [0.1, 0.15) is 0 Å². The molecule has 1 atom stereocenters. The van der Waals surface area contributed by atoms with Gasteiger partial charge in [0.15, 0.2) is 11.5 Å². The van der Waals surface area contributed by atoms with Gasteiger partial charge in [-0.3, -0.25) is 4.79 Å². The first-order chi connectivity index (χ1) is 12.5. The summed E-state index contributed by atoms with van der Waals surface area (Å²) in [5, 5.41) is 3.03. The summed E-state index contributed by atoms with van der Waals surface area (Å²) in [6, 6.07) is 15.7. The Kier molecular flexibility index (Phi) is 7.48. The molecule has 0 saturated carbocycles. The van der Waals surface area contributed by atoms with Crippen LogP contribution in [0.3, 0.4) is 0 Å². The number of rotatable bonds is 9. The minimum absolute atomic E-state index is 0.117. The van der Waals surface area contributed by atoms with E-state index in [0.717, 1.165) is 6.42 Å². The minimum Gasteiger partial charge on any atom is -0.493 e. The van der Waals surface area contributed by atoms with Crippen molar-refractivity contribution in [2.45, 2.75) is 19.4 Å². The van der Waals surface area contributed by atoms with E-state index in [1.807, 2.05) is 39.2 Å². The maximum atomic E-state index is 12.6. The molecule has 0 aromatic heterocycles. The van der Waals surface area contributed by atoms with Gasteiger partial charge in [-0.1, -0.05) is 30.3 Å². The third kappa shape index (κ3) is 5.49. The van der Waals surface area contributed by atoms with Gasteiger partial charge >= 0.3 is 0 Å². The number of likely N-dealkylation sites (N-methyl/N-ethyl adjacent to an activating group) is 1. The first-order valence-corrected chi connectivity index (χ1v) is 8.84.